The van der Waals surface area contributed by atoms with Crippen molar-refractivity contribution in [3.63, 3.8) is 0 Å². The molecule has 1 heterocycles. The molecule has 19 heavy (non-hydrogen) atoms. The van der Waals surface area contributed by atoms with E-state index in [1.54, 1.807) is 11.8 Å². The summed E-state index contributed by atoms with van der Waals surface area (Å²) >= 11 is 0. The van der Waals surface area contributed by atoms with Crippen LogP contribution in [-0.4, -0.2) is 41.5 Å². The Morgan fingerprint density at radius 1 is 1.32 bits per heavy atom. The van der Waals surface area contributed by atoms with Crippen LogP contribution >= 0.6 is 0 Å². The summed E-state index contributed by atoms with van der Waals surface area (Å²) in [5.41, 5.74) is 5.80. The maximum absolute atomic E-state index is 12.4. The number of rotatable bonds is 4. The Balaban J connectivity index is 1.98. The zero-order chi connectivity index (χ0) is 13.9. The second-order valence-corrected chi connectivity index (χ2v) is 5.74. The number of nitrogens with zero attached hydrogens (tertiary/aromatic N) is 1. The maximum Gasteiger partial charge on any atom is 0.328 e. The maximum atomic E-state index is 12.4. The summed E-state index contributed by atoms with van der Waals surface area (Å²) < 4.78 is 5.07. The molecule has 1 saturated heterocycles. The number of carbonyl (C=O) groups excluding carboxylic acids is 2. The molecule has 108 valence electrons. The van der Waals surface area contributed by atoms with Gasteiger partial charge in [-0.1, -0.05) is 0 Å². The van der Waals surface area contributed by atoms with E-state index < -0.39 is 6.04 Å². The summed E-state index contributed by atoms with van der Waals surface area (Å²) in [6.45, 7) is 2.80. The van der Waals surface area contributed by atoms with Crippen LogP contribution in [0, 0.1) is 0 Å². The predicted molar refractivity (Wildman–Crippen MR) is 71.4 cm³/mol. The first kappa shape index (κ1) is 14.3. The van der Waals surface area contributed by atoms with E-state index >= 15 is 0 Å². The minimum atomic E-state index is -0.398. The van der Waals surface area contributed by atoms with Crippen LogP contribution in [0.25, 0.3) is 0 Å². The van der Waals surface area contributed by atoms with E-state index in [1.165, 1.54) is 0 Å². The Bertz CT molecular complexity index is 353. The monoisotopic (exact) mass is 268 g/mol. The van der Waals surface area contributed by atoms with Gasteiger partial charge in [-0.25, -0.2) is 4.79 Å². The van der Waals surface area contributed by atoms with Crippen LogP contribution in [0.15, 0.2) is 0 Å². The molecule has 5 heteroatoms. The number of amides is 1. The van der Waals surface area contributed by atoms with E-state index in [0.717, 1.165) is 32.1 Å². The first-order valence-electron chi connectivity index (χ1n) is 7.31. The molecule has 1 unspecified atom stereocenters. The fourth-order valence-corrected chi connectivity index (χ4v) is 2.92. The van der Waals surface area contributed by atoms with Crippen LogP contribution in [-0.2, 0) is 14.3 Å². The average Bonchev–Trinajstić information content (AvgIpc) is 2.37. The van der Waals surface area contributed by atoms with Crippen molar-refractivity contribution < 1.29 is 14.3 Å². The highest BCUT2D eigenvalue weighted by molar-refractivity contribution is 5.85. The molecule has 2 N–H and O–H groups in total. The topological polar surface area (TPSA) is 72.6 Å². The van der Waals surface area contributed by atoms with E-state index in [9.17, 15) is 9.59 Å². The van der Waals surface area contributed by atoms with E-state index in [2.05, 4.69) is 0 Å². The fourth-order valence-electron chi connectivity index (χ4n) is 2.92. The van der Waals surface area contributed by atoms with Crippen molar-refractivity contribution in [2.45, 2.75) is 63.5 Å². The highest BCUT2D eigenvalue weighted by Crippen LogP contribution is 2.33. The third-order valence-electron chi connectivity index (χ3n) is 4.23. The van der Waals surface area contributed by atoms with Gasteiger partial charge in [0, 0.05) is 18.5 Å². The van der Waals surface area contributed by atoms with E-state index in [1.807, 2.05) is 0 Å². The number of nitrogens with two attached hydrogens (primary N) is 1. The Morgan fingerprint density at radius 3 is 2.63 bits per heavy atom. The van der Waals surface area contributed by atoms with Crippen LogP contribution in [0.3, 0.4) is 0 Å². The predicted octanol–water partition coefficient (Wildman–Crippen LogP) is 1.20. The molecule has 1 atom stereocenters. The lowest BCUT2D eigenvalue weighted by Crippen LogP contribution is -2.54. The molecular weight excluding hydrogens is 244 g/mol. The van der Waals surface area contributed by atoms with Gasteiger partial charge in [-0.05, 0) is 45.4 Å². The Labute approximate surface area is 114 Å². The van der Waals surface area contributed by atoms with Gasteiger partial charge >= 0.3 is 5.97 Å². The summed E-state index contributed by atoms with van der Waals surface area (Å²) in [4.78, 5) is 26.0. The molecule has 1 saturated carbocycles. The minimum Gasteiger partial charge on any atom is -0.464 e. The van der Waals surface area contributed by atoms with Gasteiger partial charge in [0.2, 0.25) is 5.91 Å². The van der Waals surface area contributed by atoms with Crippen LogP contribution in [0.5, 0.6) is 0 Å². The molecule has 0 aromatic heterocycles. The average molecular weight is 268 g/mol. The van der Waals surface area contributed by atoms with Gasteiger partial charge in [0.25, 0.3) is 0 Å². The highest BCUT2D eigenvalue weighted by atomic mass is 16.5. The second kappa shape index (κ2) is 5.90. The van der Waals surface area contributed by atoms with Crippen LogP contribution in [0.2, 0.25) is 0 Å². The van der Waals surface area contributed by atoms with Crippen molar-refractivity contribution >= 4 is 11.9 Å². The van der Waals surface area contributed by atoms with Crippen molar-refractivity contribution in [3.8, 4) is 0 Å². The molecule has 0 aromatic carbocycles. The third-order valence-corrected chi connectivity index (χ3v) is 4.23. The van der Waals surface area contributed by atoms with Crippen molar-refractivity contribution in [1.29, 1.82) is 0 Å². The number of esters is 1. The molecule has 0 radical (unpaired) electrons. The number of ether oxygens (including phenoxy) is 1. The van der Waals surface area contributed by atoms with E-state index in [-0.39, 0.29) is 17.4 Å². The van der Waals surface area contributed by atoms with Crippen molar-refractivity contribution in [1.82, 2.24) is 4.90 Å². The normalized spacial score (nSPS) is 25.6. The van der Waals surface area contributed by atoms with Gasteiger partial charge in [0.15, 0.2) is 0 Å². The zero-order valence-electron chi connectivity index (χ0n) is 11.7. The molecule has 5 nitrogen and oxygen atoms in total. The molecule has 1 amide bonds. The lowest BCUT2D eigenvalue weighted by Gasteiger charge is -2.41. The van der Waals surface area contributed by atoms with E-state index in [0.29, 0.717) is 26.0 Å². The third kappa shape index (κ3) is 3.26. The molecular formula is C14H24N2O3. The molecule has 0 spiro atoms. The van der Waals surface area contributed by atoms with Crippen LogP contribution in [0.4, 0.5) is 0 Å². The van der Waals surface area contributed by atoms with Crippen molar-refractivity contribution in [2.24, 2.45) is 5.73 Å². The SMILES string of the molecule is CCOC(=O)C1CCCCN1C(=O)CC1(N)CCC1. The van der Waals surface area contributed by atoms with Gasteiger partial charge in [0.1, 0.15) is 6.04 Å². The molecule has 2 fully saturated rings. The van der Waals surface area contributed by atoms with Crippen LogP contribution in [0.1, 0.15) is 51.9 Å². The molecule has 0 aromatic rings. The standard InChI is InChI=1S/C14H24N2O3/c1-2-19-13(18)11-6-3-4-9-16(11)12(17)10-14(15)7-5-8-14/h11H,2-10,15H2,1H3. The minimum absolute atomic E-state index is 0.0138. The van der Waals surface area contributed by atoms with E-state index in [4.69, 9.17) is 10.5 Å². The molecule has 2 aliphatic rings. The summed E-state index contributed by atoms with van der Waals surface area (Å²) in [5.74, 6) is -0.254. The molecule has 2 rings (SSSR count). The van der Waals surface area contributed by atoms with Crippen molar-refractivity contribution in [3.05, 3.63) is 0 Å². The van der Waals surface area contributed by atoms with Crippen LogP contribution < -0.4 is 5.73 Å². The number of likely N-dealkylation sites (tertiary alicyclic amines) is 1. The Kier molecular flexibility index (Phi) is 4.45. The Morgan fingerprint density at radius 2 is 2.05 bits per heavy atom. The first-order valence-corrected chi connectivity index (χ1v) is 7.31. The second-order valence-electron chi connectivity index (χ2n) is 5.74. The first-order chi connectivity index (χ1) is 9.06. The van der Waals surface area contributed by atoms with Gasteiger partial charge in [-0.3, -0.25) is 4.79 Å². The smallest absolute Gasteiger partial charge is 0.328 e. The summed E-state index contributed by atoms with van der Waals surface area (Å²) in [7, 11) is 0. The van der Waals surface area contributed by atoms with Crippen molar-refractivity contribution in [2.75, 3.05) is 13.2 Å². The summed E-state index contributed by atoms with van der Waals surface area (Å²) in [6.07, 6.45) is 5.93. The quantitative estimate of drug-likeness (QED) is 0.778. The summed E-state index contributed by atoms with van der Waals surface area (Å²) in [6, 6.07) is -0.398. The van der Waals surface area contributed by atoms with Gasteiger partial charge in [-0.2, -0.15) is 0 Å². The molecule has 0 bridgehead atoms. The molecule has 1 aliphatic heterocycles. The lowest BCUT2D eigenvalue weighted by molar-refractivity contribution is -0.157. The number of hydrogen-bond donors (Lipinski definition) is 1. The zero-order valence-corrected chi connectivity index (χ0v) is 11.7. The fraction of sp³-hybridized carbons (Fsp3) is 0.857. The van der Waals surface area contributed by atoms with Gasteiger partial charge < -0.3 is 15.4 Å². The Hall–Kier alpha value is -1.10. The van der Waals surface area contributed by atoms with Gasteiger partial charge in [0.05, 0.1) is 6.61 Å². The largest absolute Gasteiger partial charge is 0.464 e. The lowest BCUT2D eigenvalue weighted by atomic mass is 9.75. The summed E-state index contributed by atoms with van der Waals surface area (Å²) in [5, 5.41) is 0. The number of carbonyl (C=O) groups is 2. The molecule has 1 aliphatic carbocycles. The van der Waals surface area contributed by atoms with Gasteiger partial charge in [-0.15, -0.1) is 0 Å². The number of hydrogen-bond acceptors (Lipinski definition) is 4. The highest BCUT2D eigenvalue weighted by Gasteiger charge is 2.39. The number of piperidine rings is 1.